The minimum Gasteiger partial charge on any atom is -0.455 e. The molecular formula is C19H19F3N2O2S. The highest BCUT2D eigenvalue weighted by Crippen LogP contribution is 2.41. The highest BCUT2D eigenvalue weighted by molar-refractivity contribution is 7.08. The zero-order valence-electron chi connectivity index (χ0n) is 15.3. The highest BCUT2D eigenvalue weighted by Gasteiger charge is 2.35. The normalized spacial score (nSPS) is 12.6. The second kappa shape index (κ2) is 6.30. The van der Waals surface area contributed by atoms with E-state index in [0.717, 1.165) is 6.07 Å². The topological polar surface area (TPSA) is 57.3 Å². The lowest BCUT2D eigenvalue weighted by molar-refractivity contribution is -0.137. The predicted octanol–water partition coefficient (Wildman–Crippen LogP) is 5.56. The fourth-order valence-corrected chi connectivity index (χ4v) is 3.69. The van der Waals surface area contributed by atoms with Gasteiger partial charge in [0.1, 0.15) is 5.60 Å². The number of nitrogen functional groups attached to an aromatic ring is 1. The Balaban J connectivity index is 2.37. The van der Waals surface area contributed by atoms with Gasteiger partial charge in [0.15, 0.2) is 5.69 Å². The van der Waals surface area contributed by atoms with E-state index >= 15 is 0 Å². The van der Waals surface area contributed by atoms with E-state index in [1.54, 1.807) is 36.8 Å². The number of hydrogen-bond acceptors (Lipinski definition) is 4. The lowest BCUT2D eigenvalue weighted by atomic mass is 10.0. The van der Waals surface area contributed by atoms with Crippen molar-refractivity contribution in [2.75, 3.05) is 5.73 Å². The van der Waals surface area contributed by atoms with Crippen LogP contribution in [0.25, 0.3) is 16.6 Å². The number of esters is 1. The molecule has 0 spiro atoms. The van der Waals surface area contributed by atoms with Crippen molar-refractivity contribution in [3.05, 3.63) is 45.8 Å². The van der Waals surface area contributed by atoms with E-state index in [1.807, 2.05) is 5.38 Å². The van der Waals surface area contributed by atoms with Gasteiger partial charge in [-0.25, -0.2) is 4.79 Å². The summed E-state index contributed by atoms with van der Waals surface area (Å²) in [6.45, 7) is 6.50. The molecule has 8 heteroatoms. The number of nitrogens with two attached hydrogens (primary N) is 1. The monoisotopic (exact) mass is 396 g/mol. The lowest BCUT2D eigenvalue weighted by Crippen LogP contribution is -2.25. The number of benzene rings is 1. The van der Waals surface area contributed by atoms with E-state index < -0.39 is 23.3 Å². The lowest BCUT2D eigenvalue weighted by Gasteiger charge is -2.20. The van der Waals surface area contributed by atoms with Crippen molar-refractivity contribution in [1.29, 1.82) is 0 Å². The first-order valence-electron chi connectivity index (χ1n) is 8.18. The first-order valence-corrected chi connectivity index (χ1v) is 9.12. The van der Waals surface area contributed by atoms with Gasteiger partial charge in [-0.1, -0.05) is 0 Å². The third-order valence-corrected chi connectivity index (χ3v) is 4.76. The van der Waals surface area contributed by atoms with Crippen LogP contribution in [0.2, 0.25) is 0 Å². The van der Waals surface area contributed by atoms with Crippen molar-refractivity contribution in [3.8, 4) is 5.69 Å². The summed E-state index contributed by atoms with van der Waals surface area (Å²) in [5, 5.41) is 3.81. The van der Waals surface area contributed by atoms with Crippen molar-refractivity contribution in [3.63, 3.8) is 0 Å². The van der Waals surface area contributed by atoms with Crippen LogP contribution in [-0.4, -0.2) is 16.1 Å². The van der Waals surface area contributed by atoms with Gasteiger partial charge in [0.25, 0.3) is 0 Å². The van der Waals surface area contributed by atoms with Crippen LogP contribution in [-0.2, 0) is 10.9 Å². The van der Waals surface area contributed by atoms with Gasteiger partial charge in [-0.3, -0.25) is 0 Å². The number of hydrogen-bond donors (Lipinski definition) is 1. The molecule has 3 rings (SSSR count). The first-order chi connectivity index (χ1) is 12.4. The van der Waals surface area contributed by atoms with E-state index in [-0.39, 0.29) is 22.3 Å². The quantitative estimate of drug-likeness (QED) is 0.577. The summed E-state index contributed by atoms with van der Waals surface area (Å²) in [4.78, 5) is 12.8. The molecule has 27 heavy (non-hydrogen) atoms. The van der Waals surface area contributed by atoms with E-state index in [2.05, 4.69) is 0 Å². The summed E-state index contributed by atoms with van der Waals surface area (Å²) >= 11 is 1.40. The molecule has 144 valence electrons. The van der Waals surface area contributed by atoms with Crippen LogP contribution in [0.1, 0.15) is 42.4 Å². The number of alkyl halides is 3. The number of fused-ring (bicyclic) bond motifs is 1. The number of rotatable bonds is 2. The molecule has 2 aromatic heterocycles. The molecule has 1 aromatic carbocycles. The van der Waals surface area contributed by atoms with Gasteiger partial charge < -0.3 is 15.0 Å². The minimum atomic E-state index is -4.51. The maximum absolute atomic E-state index is 13.3. The molecule has 2 N–H and O–H groups in total. The van der Waals surface area contributed by atoms with Gasteiger partial charge in [0.2, 0.25) is 0 Å². The third kappa shape index (κ3) is 3.41. The molecule has 0 aliphatic heterocycles. The molecule has 3 aromatic rings. The van der Waals surface area contributed by atoms with Gasteiger partial charge in [0, 0.05) is 10.8 Å². The fourth-order valence-electron chi connectivity index (χ4n) is 3.07. The van der Waals surface area contributed by atoms with E-state index in [4.69, 9.17) is 10.5 Å². The van der Waals surface area contributed by atoms with Crippen LogP contribution in [0, 0.1) is 6.92 Å². The molecule has 0 unspecified atom stereocenters. The maximum Gasteiger partial charge on any atom is 0.416 e. The first kappa shape index (κ1) is 19.3. The number of thiophene rings is 1. The van der Waals surface area contributed by atoms with Crippen molar-refractivity contribution in [2.24, 2.45) is 0 Å². The van der Waals surface area contributed by atoms with Crippen LogP contribution in [0.5, 0.6) is 0 Å². The summed E-state index contributed by atoms with van der Waals surface area (Å²) in [5.74, 6) is -0.685. The molecule has 2 heterocycles. The Bertz CT molecular complexity index is 1010. The van der Waals surface area contributed by atoms with E-state index in [0.29, 0.717) is 11.2 Å². The molecule has 0 aliphatic carbocycles. The highest BCUT2D eigenvalue weighted by atomic mass is 32.1. The smallest absolute Gasteiger partial charge is 0.416 e. The number of ether oxygens (including phenoxy) is 1. The Morgan fingerprint density at radius 3 is 2.37 bits per heavy atom. The minimum absolute atomic E-state index is 0.0173. The average molecular weight is 396 g/mol. The van der Waals surface area contributed by atoms with Crippen molar-refractivity contribution >= 4 is 33.9 Å². The van der Waals surface area contributed by atoms with Gasteiger partial charge in [0.05, 0.1) is 22.5 Å². The van der Waals surface area contributed by atoms with Gasteiger partial charge in [-0.15, -0.1) is 0 Å². The number of halogens is 3. The van der Waals surface area contributed by atoms with Crippen molar-refractivity contribution < 1.29 is 22.7 Å². The second-order valence-corrected chi connectivity index (χ2v) is 7.99. The van der Waals surface area contributed by atoms with Gasteiger partial charge in [-0.2, -0.15) is 24.5 Å². The van der Waals surface area contributed by atoms with E-state index in [9.17, 15) is 18.0 Å². The molecule has 0 amide bonds. The second-order valence-electron chi connectivity index (χ2n) is 7.21. The summed E-state index contributed by atoms with van der Waals surface area (Å²) < 4.78 is 47.0. The summed E-state index contributed by atoms with van der Waals surface area (Å²) in [6, 6.07) is 4.12. The molecule has 0 saturated carbocycles. The Labute approximate surface area is 158 Å². The number of anilines is 1. The zero-order valence-corrected chi connectivity index (χ0v) is 16.1. The van der Waals surface area contributed by atoms with Crippen LogP contribution >= 0.6 is 11.3 Å². The average Bonchev–Trinajstić information content (AvgIpc) is 3.10. The molecular weight excluding hydrogens is 377 g/mol. The molecule has 0 fully saturated rings. The number of carbonyl (C=O) groups is 1. The third-order valence-electron chi connectivity index (χ3n) is 4.09. The standard InChI is InChI=1S/C19H19F3N2O2S/c1-10-12(19(20,21)22)5-6-13-14(10)15(23)16(17(25)26-18(2,3)4)24(13)11-7-8-27-9-11/h5-9H,23H2,1-4H3. The van der Waals surface area contributed by atoms with Crippen molar-refractivity contribution in [1.82, 2.24) is 4.57 Å². The molecule has 0 aliphatic rings. The summed E-state index contributed by atoms with van der Waals surface area (Å²) in [6.07, 6.45) is -4.51. The van der Waals surface area contributed by atoms with Crippen LogP contribution in [0.3, 0.4) is 0 Å². The van der Waals surface area contributed by atoms with Gasteiger partial charge in [-0.05, 0) is 56.8 Å². The van der Waals surface area contributed by atoms with Crippen LogP contribution < -0.4 is 5.73 Å². The zero-order chi connectivity index (χ0) is 20.1. The number of aromatic nitrogens is 1. The fraction of sp³-hybridized carbons (Fsp3) is 0.316. The molecule has 0 saturated heterocycles. The molecule has 0 bridgehead atoms. The molecule has 0 atom stereocenters. The Hall–Kier alpha value is -2.48. The van der Waals surface area contributed by atoms with Crippen LogP contribution in [0.15, 0.2) is 29.0 Å². The Morgan fingerprint density at radius 1 is 1.19 bits per heavy atom. The summed E-state index contributed by atoms with van der Waals surface area (Å²) in [5.41, 5.74) is 5.70. The van der Waals surface area contributed by atoms with Crippen LogP contribution in [0.4, 0.5) is 18.9 Å². The predicted molar refractivity (Wildman–Crippen MR) is 100 cm³/mol. The number of carbonyl (C=O) groups excluding carboxylic acids is 1. The largest absolute Gasteiger partial charge is 0.455 e. The molecule has 4 nitrogen and oxygen atoms in total. The SMILES string of the molecule is Cc1c(C(F)(F)F)ccc2c1c(N)c(C(=O)OC(C)(C)C)n2-c1ccsc1. The number of aryl methyl sites for hydroxylation is 1. The van der Waals surface area contributed by atoms with Gasteiger partial charge >= 0.3 is 12.1 Å². The Morgan fingerprint density at radius 2 is 1.85 bits per heavy atom. The molecule has 0 radical (unpaired) electrons. The maximum atomic E-state index is 13.3. The number of nitrogens with zero attached hydrogens (tertiary/aromatic N) is 1. The summed E-state index contributed by atoms with van der Waals surface area (Å²) in [7, 11) is 0. The van der Waals surface area contributed by atoms with E-state index in [1.165, 1.54) is 24.3 Å². The van der Waals surface area contributed by atoms with Crippen molar-refractivity contribution in [2.45, 2.75) is 39.5 Å². The Kier molecular flexibility index (Phi) is 4.50.